The molecule has 0 radical (unpaired) electrons. The second-order valence-electron chi connectivity index (χ2n) is 1.42. The molecule has 52 valence electrons. The molecule has 1 atom stereocenters. The average molecular weight is 217 g/mol. The fourth-order valence-corrected chi connectivity index (χ4v) is 0.572. The van der Waals surface area contributed by atoms with Crippen molar-refractivity contribution in [2.24, 2.45) is 0 Å². The van der Waals surface area contributed by atoms with Crippen LogP contribution in [0.15, 0.2) is 0 Å². The van der Waals surface area contributed by atoms with Gasteiger partial charge in [0, 0.05) is 4.57 Å². The van der Waals surface area contributed by atoms with Crippen LogP contribution in [0.4, 0.5) is 0 Å². The molecule has 0 aromatic heterocycles. The van der Waals surface area contributed by atoms with E-state index in [9.17, 15) is 4.57 Å². The molecule has 0 amide bonds. The number of hydrogen-bond donors (Lipinski definition) is 1. The van der Waals surface area contributed by atoms with E-state index in [4.69, 9.17) is 4.89 Å². The van der Waals surface area contributed by atoms with Gasteiger partial charge in [0.25, 0.3) is 0 Å². The second-order valence-corrected chi connectivity index (χ2v) is 2.16. The van der Waals surface area contributed by atoms with Crippen molar-refractivity contribution in [1.82, 2.24) is 0 Å². The molecule has 0 fully saturated rings. The average Bonchev–Trinajstić information content (AvgIpc) is 1.66. The summed E-state index contributed by atoms with van der Waals surface area (Å²) in [5.41, 5.74) is 0. The van der Waals surface area contributed by atoms with E-state index in [1.54, 1.807) is 0 Å². The second kappa shape index (κ2) is 14.8. The molecule has 0 bridgehead atoms. The molecule has 0 heterocycles. The quantitative estimate of drug-likeness (QED) is 0.294. The van der Waals surface area contributed by atoms with Crippen molar-refractivity contribution in [1.29, 1.82) is 0 Å². The molecule has 0 aliphatic heterocycles. The number of rotatable bonds is 4. The minimum absolute atomic E-state index is 0. The first-order valence-electron chi connectivity index (χ1n) is 2.56. The molecule has 0 aliphatic rings. The molecule has 10 heavy (non-hydrogen) atoms. The zero-order valence-electron chi connectivity index (χ0n) is 8.83. The van der Waals surface area contributed by atoms with E-state index in [-0.39, 0.29) is 106 Å². The maximum atomic E-state index is 9.80. The van der Waals surface area contributed by atoms with Gasteiger partial charge in [0.05, 0.1) is 0 Å². The van der Waals surface area contributed by atoms with Gasteiger partial charge in [0.15, 0.2) is 0 Å². The van der Waals surface area contributed by atoms with Crippen LogP contribution in [0.25, 0.3) is 0 Å². The molecule has 0 aromatic rings. The first kappa shape index (κ1) is 19.0. The van der Waals surface area contributed by atoms with Gasteiger partial charge in [0.2, 0.25) is 0 Å². The maximum absolute atomic E-state index is 9.80. The molecule has 1 N–H and O–H groups in total. The van der Waals surface area contributed by atoms with Gasteiger partial charge in [-0.25, -0.2) is 0 Å². The Hall–Kier alpha value is 3.29. The first-order valence-corrected chi connectivity index (χ1v) is 3.69. The SMILES string of the molecule is CCCCO[P+](=O)O.[H-].[H-].[K+].[K+]. The summed E-state index contributed by atoms with van der Waals surface area (Å²) < 4.78 is 14.1. The van der Waals surface area contributed by atoms with E-state index in [1.807, 2.05) is 6.92 Å². The summed E-state index contributed by atoms with van der Waals surface area (Å²) in [6.07, 6.45) is 1.84. The van der Waals surface area contributed by atoms with Crippen molar-refractivity contribution in [3.8, 4) is 0 Å². The molecule has 0 aromatic carbocycles. The van der Waals surface area contributed by atoms with E-state index < -0.39 is 8.25 Å². The third-order valence-corrected chi connectivity index (χ3v) is 1.10. The van der Waals surface area contributed by atoms with Crippen molar-refractivity contribution in [2.75, 3.05) is 6.61 Å². The van der Waals surface area contributed by atoms with Crippen molar-refractivity contribution < 1.29 is 120 Å². The number of hydrogen-bond acceptors (Lipinski definition) is 2. The molecule has 0 spiro atoms. The van der Waals surface area contributed by atoms with Gasteiger partial charge in [-0.2, -0.15) is 0 Å². The van der Waals surface area contributed by atoms with Crippen LogP contribution in [0.1, 0.15) is 22.6 Å². The Kier molecular flexibility index (Phi) is 28.1. The molecule has 0 saturated heterocycles. The Morgan fingerprint density at radius 2 is 2.10 bits per heavy atom. The van der Waals surface area contributed by atoms with Crippen LogP contribution in [-0.2, 0) is 9.09 Å². The predicted molar refractivity (Wildman–Crippen MR) is 32.9 cm³/mol. The van der Waals surface area contributed by atoms with Crippen LogP contribution in [0, 0.1) is 0 Å². The first-order chi connectivity index (χ1) is 3.77. The summed E-state index contributed by atoms with van der Waals surface area (Å²) in [6.45, 7) is 2.38. The Balaban J connectivity index is -0.0000000408. The van der Waals surface area contributed by atoms with Crippen molar-refractivity contribution in [3.63, 3.8) is 0 Å². The van der Waals surface area contributed by atoms with Crippen LogP contribution in [0.2, 0.25) is 0 Å². The smallest absolute Gasteiger partial charge is 1.00 e. The van der Waals surface area contributed by atoms with E-state index in [0.717, 1.165) is 12.8 Å². The summed E-state index contributed by atoms with van der Waals surface area (Å²) in [7, 11) is -2.36. The van der Waals surface area contributed by atoms with Gasteiger partial charge in [-0.15, -0.1) is 9.42 Å². The van der Waals surface area contributed by atoms with Gasteiger partial charge in [-0.3, -0.25) is 0 Å². The van der Waals surface area contributed by atoms with E-state index in [2.05, 4.69) is 4.52 Å². The largest absolute Gasteiger partial charge is 1.00 e. The Morgan fingerprint density at radius 1 is 1.60 bits per heavy atom. The van der Waals surface area contributed by atoms with Crippen LogP contribution >= 0.6 is 8.25 Å². The van der Waals surface area contributed by atoms with E-state index >= 15 is 0 Å². The summed E-state index contributed by atoms with van der Waals surface area (Å²) in [5.74, 6) is 0. The van der Waals surface area contributed by atoms with Crippen molar-refractivity contribution in [3.05, 3.63) is 0 Å². The molecule has 1 unspecified atom stereocenters. The van der Waals surface area contributed by atoms with Gasteiger partial charge < -0.3 is 2.85 Å². The van der Waals surface area contributed by atoms with Crippen molar-refractivity contribution in [2.45, 2.75) is 19.8 Å². The molecular weight excluding hydrogens is 205 g/mol. The van der Waals surface area contributed by atoms with Crippen molar-refractivity contribution >= 4 is 8.25 Å². The van der Waals surface area contributed by atoms with Gasteiger partial charge in [0.1, 0.15) is 6.61 Å². The molecule has 0 saturated carbocycles. The van der Waals surface area contributed by atoms with E-state index in [0.29, 0.717) is 6.61 Å². The van der Waals surface area contributed by atoms with Gasteiger partial charge in [-0.05, 0) is 6.42 Å². The molecule has 6 heteroatoms. The standard InChI is InChI=1S/C4H9O3P.2K.2H/c1-2-3-4-7-8(5)6;;;;/h2-4H2,1H3;;;;/q;2*+1;2*-1/p+1. The minimum Gasteiger partial charge on any atom is -1.00 e. The third kappa shape index (κ3) is 17.4. The van der Waals surface area contributed by atoms with Crippen LogP contribution in [0.3, 0.4) is 0 Å². The topological polar surface area (TPSA) is 46.5 Å². The summed E-state index contributed by atoms with van der Waals surface area (Å²) in [6, 6.07) is 0. The van der Waals surface area contributed by atoms with Gasteiger partial charge in [-0.1, -0.05) is 13.3 Å². The normalized spacial score (nSPS) is 9.20. The fourth-order valence-electron chi connectivity index (χ4n) is 0.287. The molecular formula is C4H12K2O3P+. The summed E-state index contributed by atoms with van der Waals surface area (Å²) >= 11 is 0. The predicted octanol–water partition coefficient (Wildman–Crippen LogP) is -4.31. The number of unbranched alkanes of at least 4 members (excludes halogenated alkanes) is 1. The molecule has 0 rings (SSSR count). The van der Waals surface area contributed by atoms with Crippen LogP contribution in [-0.4, -0.2) is 11.5 Å². The Morgan fingerprint density at radius 3 is 2.40 bits per heavy atom. The Labute approximate surface area is 150 Å². The monoisotopic (exact) mass is 217 g/mol. The molecule has 0 aliphatic carbocycles. The Bertz CT molecular complexity index is 88.7. The molecule has 3 nitrogen and oxygen atoms in total. The zero-order chi connectivity index (χ0) is 6.41. The third-order valence-electron chi connectivity index (χ3n) is 0.700. The fraction of sp³-hybridized carbons (Fsp3) is 1.00. The summed E-state index contributed by atoms with van der Waals surface area (Å²) in [4.78, 5) is 8.07. The minimum atomic E-state index is -2.36. The van der Waals surface area contributed by atoms with Crippen LogP contribution < -0.4 is 103 Å². The van der Waals surface area contributed by atoms with Crippen LogP contribution in [0.5, 0.6) is 0 Å². The summed E-state index contributed by atoms with van der Waals surface area (Å²) in [5, 5.41) is 0. The van der Waals surface area contributed by atoms with E-state index in [1.165, 1.54) is 0 Å². The van der Waals surface area contributed by atoms with Gasteiger partial charge >= 0.3 is 111 Å². The zero-order valence-corrected chi connectivity index (χ0v) is 14.0. The maximum Gasteiger partial charge on any atom is 1.00 e.